The van der Waals surface area contributed by atoms with Gasteiger partial charge in [-0.3, -0.25) is 0 Å². The summed E-state index contributed by atoms with van der Waals surface area (Å²) in [6, 6.07) is 0. The van der Waals surface area contributed by atoms with Crippen LogP contribution in [0.25, 0.3) is 0 Å². The van der Waals surface area contributed by atoms with Crippen molar-refractivity contribution in [3.05, 3.63) is 17.7 Å². The highest BCUT2D eigenvalue weighted by Crippen LogP contribution is 2.23. The molecule has 0 fully saturated rings. The van der Waals surface area contributed by atoms with Crippen LogP contribution in [0.1, 0.15) is 38.1 Å². The van der Waals surface area contributed by atoms with Gasteiger partial charge in [0.05, 0.1) is 12.0 Å². The summed E-state index contributed by atoms with van der Waals surface area (Å²) in [5, 5.41) is 0. The third-order valence-electron chi connectivity index (χ3n) is 3.26. The van der Waals surface area contributed by atoms with E-state index in [9.17, 15) is 0 Å². The van der Waals surface area contributed by atoms with Crippen LogP contribution >= 0.6 is 0 Å². The van der Waals surface area contributed by atoms with Gasteiger partial charge in [0, 0.05) is 12.2 Å². The zero-order valence-electron chi connectivity index (χ0n) is 9.79. The molecule has 0 saturated heterocycles. The highest BCUT2D eigenvalue weighted by molar-refractivity contribution is 5.16. The van der Waals surface area contributed by atoms with Crippen molar-refractivity contribution in [3.8, 4) is 0 Å². The lowest BCUT2D eigenvalue weighted by atomic mass is 9.93. The molecule has 3 heteroatoms. The van der Waals surface area contributed by atoms with Gasteiger partial charge in [-0.15, -0.1) is 0 Å². The van der Waals surface area contributed by atoms with Gasteiger partial charge in [-0.2, -0.15) is 0 Å². The molecule has 0 aromatic carbocycles. The Bertz CT molecular complexity index is 339. The first kappa shape index (κ1) is 10.7. The number of aromatic nitrogens is 2. The zero-order valence-corrected chi connectivity index (χ0v) is 9.79. The summed E-state index contributed by atoms with van der Waals surface area (Å²) in [5.74, 6) is 0. The second-order valence-electron chi connectivity index (χ2n) is 5.34. The van der Waals surface area contributed by atoms with Crippen LogP contribution in [0.4, 0.5) is 0 Å². The molecular weight excluding hydrogens is 186 g/mol. The lowest BCUT2D eigenvalue weighted by Gasteiger charge is -2.25. The first-order chi connectivity index (χ1) is 7.12. The number of nitrogens with zero attached hydrogens (tertiary/aromatic N) is 2. The molecule has 84 valence electrons. The minimum Gasteiger partial charge on any atom is -0.334 e. The normalized spacial score (nSPS) is 16.5. The monoisotopic (exact) mass is 207 g/mol. The van der Waals surface area contributed by atoms with Gasteiger partial charge in [0.15, 0.2) is 0 Å². The van der Waals surface area contributed by atoms with Crippen LogP contribution in [-0.4, -0.2) is 16.1 Å². The van der Waals surface area contributed by atoms with Gasteiger partial charge in [-0.1, -0.05) is 13.8 Å². The number of nitrogens with two attached hydrogens (primary N) is 1. The summed E-state index contributed by atoms with van der Waals surface area (Å²) < 4.78 is 2.31. The molecule has 15 heavy (non-hydrogen) atoms. The molecule has 1 aliphatic rings. The van der Waals surface area contributed by atoms with E-state index in [1.54, 1.807) is 0 Å². The minimum atomic E-state index is 0.173. The summed E-state index contributed by atoms with van der Waals surface area (Å²) in [6.45, 7) is 6.14. The van der Waals surface area contributed by atoms with Crippen LogP contribution in [-0.2, 0) is 19.4 Å². The maximum atomic E-state index is 5.77. The Hall–Kier alpha value is -0.830. The smallest absolute Gasteiger partial charge is 0.0951 e. The van der Waals surface area contributed by atoms with Gasteiger partial charge in [-0.25, -0.2) is 4.98 Å². The Morgan fingerprint density at radius 3 is 2.87 bits per heavy atom. The van der Waals surface area contributed by atoms with E-state index in [4.69, 9.17) is 5.73 Å². The minimum absolute atomic E-state index is 0.173. The first-order valence-corrected chi connectivity index (χ1v) is 5.85. The molecule has 1 aromatic rings. The Kier molecular flexibility index (Phi) is 2.83. The summed E-state index contributed by atoms with van der Waals surface area (Å²) in [5.41, 5.74) is 8.70. The predicted octanol–water partition coefficient (Wildman–Crippen LogP) is 1.75. The Labute approximate surface area is 91.7 Å². The molecule has 0 spiro atoms. The SMILES string of the molecule is CC(C)(CN)Cn1cnc2c1CCCC2. The van der Waals surface area contributed by atoms with Crippen molar-refractivity contribution >= 4 is 0 Å². The van der Waals surface area contributed by atoms with Crippen molar-refractivity contribution < 1.29 is 0 Å². The Morgan fingerprint density at radius 2 is 2.13 bits per heavy atom. The van der Waals surface area contributed by atoms with E-state index in [1.165, 1.54) is 30.7 Å². The predicted molar refractivity (Wildman–Crippen MR) is 61.7 cm³/mol. The first-order valence-electron chi connectivity index (χ1n) is 5.85. The second-order valence-corrected chi connectivity index (χ2v) is 5.34. The standard InChI is InChI=1S/C12H21N3/c1-12(2,7-13)8-15-9-14-10-5-3-4-6-11(10)15/h9H,3-8,13H2,1-2H3. The highest BCUT2D eigenvalue weighted by Gasteiger charge is 2.21. The molecule has 0 amide bonds. The van der Waals surface area contributed by atoms with Crippen molar-refractivity contribution in [1.82, 2.24) is 9.55 Å². The van der Waals surface area contributed by atoms with E-state index in [1.807, 2.05) is 6.33 Å². The summed E-state index contributed by atoms with van der Waals surface area (Å²) >= 11 is 0. The second kappa shape index (κ2) is 3.97. The van der Waals surface area contributed by atoms with Crippen LogP contribution in [0.15, 0.2) is 6.33 Å². The van der Waals surface area contributed by atoms with Gasteiger partial charge in [0.25, 0.3) is 0 Å². The zero-order chi connectivity index (χ0) is 10.9. The average molecular weight is 207 g/mol. The lowest BCUT2D eigenvalue weighted by Crippen LogP contribution is -2.29. The maximum absolute atomic E-state index is 5.77. The van der Waals surface area contributed by atoms with E-state index in [2.05, 4.69) is 23.4 Å². The Morgan fingerprint density at radius 1 is 1.40 bits per heavy atom. The van der Waals surface area contributed by atoms with Gasteiger partial charge in [0.2, 0.25) is 0 Å². The van der Waals surface area contributed by atoms with Crippen LogP contribution in [0, 0.1) is 5.41 Å². The van der Waals surface area contributed by atoms with Crippen molar-refractivity contribution in [2.45, 2.75) is 46.1 Å². The summed E-state index contributed by atoms with van der Waals surface area (Å²) in [4.78, 5) is 4.50. The van der Waals surface area contributed by atoms with Crippen molar-refractivity contribution in [1.29, 1.82) is 0 Å². The van der Waals surface area contributed by atoms with E-state index in [-0.39, 0.29) is 5.41 Å². The number of fused-ring (bicyclic) bond motifs is 1. The largest absolute Gasteiger partial charge is 0.334 e. The number of imidazole rings is 1. The topological polar surface area (TPSA) is 43.8 Å². The van der Waals surface area contributed by atoms with Crippen molar-refractivity contribution in [2.24, 2.45) is 11.1 Å². The molecule has 0 saturated carbocycles. The molecule has 0 aliphatic heterocycles. The molecule has 1 aliphatic carbocycles. The fraction of sp³-hybridized carbons (Fsp3) is 0.750. The number of hydrogen-bond donors (Lipinski definition) is 1. The molecule has 0 atom stereocenters. The molecule has 1 heterocycles. The van der Waals surface area contributed by atoms with Crippen LogP contribution in [0.2, 0.25) is 0 Å². The van der Waals surface area contributed by atoms with Crippen molar-refractivity contribution in [3.63, 3.8) is 0 Å². The molecule has 1 aromatic heterocycles. The third kappa shape index (κ3) is 2.23. The summed E-state index contributed by atoms with van der Waals surface area (Å²) in [6.07, 6.45) is 6.95. The molecule has 0 unspecified atom stereocenters. The molecular formula is C12H21N3. The number of hydrogen-bond acceptors (Lipinski definition) is 2. The van der Waals surface area contributed by atoms with Crippen LogP contribution < -0.4 is 5.73 Å². The highest BCUT2D eigenvalue weighted by atomic mass is 15.1. The van der Waals surface area contributed by atoms with Gasteiger partial charge in [-0.05, 0) is 37.6 Å². The Balaban J connectivity index is 2.19. The molecule has 0 radical (unpaired) electrons. The molecule has 2 rings (SSSR count). The van der Waals surface area contributed by atoms with Crippen molar-refractivity contribution in [2.75, 3.05) is 6.54 Å². The fourth-order valence-electron chi connectivity index (χ4n) is 2.19. The van der Waals surface area contributed by atoms with E-state index >= 15 is 0 Å². The van der Waals surface area contributed by atoms with E-state index < -0.39 is 0 Å². The lowest BCUT2D eigenvalue weighted by molar-refractivity contribution is 0.312. The third-order valence-corrected chi connectivity index (χ3v) is 3.26. The van der Waals surface area contributed by atoms with E-state index in [0.29, 0.717) is 0 Å². The summed E-state index contributed by atoms with van der Waals surface area (Å²) in [7, 11) is 0. The quantitative estimate of drug-likeness (QED) is 0.820. The van der Waals surface area contributed by atoms with Gasteiger partial charge in [0.1, 0.15) is 0 Å². The van der Waals surface area contributed by atoms with Crippen LogP contribution in [0.5, 0.6) is 0 Å². The van der Waals surface area contributed by atoms with E-state index in [0.717, 1.165) is 19.5 Å². The van der Waals surface area contributed by atoms with Crippen LogP contribution in [0.3, 0.4) is 0 Å². The fourth-order valence-corrected chi connectivity index (χ4v) is 2.19. The maximum Gasteiger partial charge on any atom is 0.0951 e. The average Bonchev–Trinajstić information content (AvgIpc) is 2.62. The number of rotatable bonds is 3. The molecule has 3 nitrogen and oxygen atoms in total. The number of aryl methyl sites for hydroxylation is 1. The van der Waals surface area contributed by atoms with Gasteiger partial charge < -0.3 is 10.3 Å². The van der Waals surface area contributed by atoms with Gasteiger partial charge >= 0.3 is 0 Å². The molecule has 2 N–H and O–H groups in total. The molecule has 0 bridgehead atoms.